The molecule has 100 valence electrons. The van der Waals surface area contributed by atoms with E-state index in [0.29, 0.717) is 11.7 Å². The number of carbonyl (C=O) groups is 1. The summed E-state index contributed by atoms with van der Waals surface area (Å²) in [6.07, 6.45) is 5.00. The summed E-state index contributed by atoms with van der Waals surface area (Å²) in [6, 6.07) is 7.83. The van der Waals surface area contributed by atoms with Crippen LogP contribution in [-0.2, 0) is 9.53 Å². The lowest BCUT2D eigenvalue weighted by Crippen LogP contribution is -2.13. The number of benzene rings is 1. The zero-order chi connectivity index (χ0) is 13.2. The minimum atomic E-state index is -1.29. The van der Waals surface area contributed by atoms with E-state index in [2.05, 4.69) is 16.9 Å². The number of rotatable bonds is 3. The van der Waals surface area contributed by atoms with Gasteiger partial charge in [-0.25, -0.2) is 4.79 Å². The van der Waals surface area contributed by atoms with Gasteiger partial charge in [-0.05, 0) is 36.5 Å². The molecule has 3 rings (SSSR count). The summed E-state index contributed by atoms with van der Waals surface area (Å²) in [5.41, 5.74) is 1.33. The highest BCUT2D eigenvalue weighted by Crippen LogP contribution is 2.34. The monoisotopic (exact) mass is 260 g/mol. The Bertz CT molecular complexity index is 497. The van der Waals surface area contributed by atoms with Gasteiger partial charge < -0.3 is 14.6 Å². The summed E-state index contributed by atoms with van der Waals surface area (Å²) < 4.78 is 9.99. The van der Waals surface area contributed by atoms with Crippen molar-refractivity contribution >= 4 is 5.97 Å². The summed E-state index contributed by atoms with van der Waals surface area (Å²) in [4.78, 5) is 10.9. The lowest BCUT2D eigenvalue weighted by molar-refractivity contribution is -0.153. The lowest BCUT2D eigenvalue weighted by Gasteiger charge is -2.12. The Morgan fingerprint density at radius 2 is 1.84 bits per heavy atom. The largest absolute Gasteiger partial charge is 0.455 e. The molecule has 1 aliphatic heterocycles. The van der Waals surface area contributed by atoms with Crippen molar-refractivity contribution in [1.29, 1.82) is 0 Å². The fraction of sp³-hybridized carbons (Fsp3) is 0.400. The van der Waals surface area contributed by atoms with Gasteiger partial charge in [-0.1, -0.05) is 25.0 Å². The second-order valence-electron chi connectivity index (χ2n) is 4.99. The van der Waals surface area contributed by atoms with Crippen LogP contribution in [0.5, 0.6) is 5.75 Å². The van der Waals surface area contributed by atoms with Crippen molar-refractivity contribution < 1.29 is 19.4 Å². The Morgan fingerprint density at radius 3 is 2.42 bits per heavy atom. The highest BCUT2D eigenvalue weighted by atomic mass is 16.7. The first-order valence-corrected chi connectivity index (χ1v) is 6.60. The predicted molar refractivity (Wildman–Crippen MR) is 68.5 cm³/mol. The van der Waals surface area contributed by atoms with Crippen molar-refractivity contribution in [1.82, 2.24) is 0 Å². The Balaban J connectivity index is 1.69. The van der Waals surface area contributed by atoms with Crippen molar-refractivity contribution in [3.63, 3.8) is 0 Å². The van der Waals surface area contributed by atoms with Gasteiger partial charge in [0.15, 0.2) is 5.76 Å². The second-order valence-corrected chi connectivity index (χ2v) is 4.99. The molecule has 1 unspecified atom stereocenters. The van der Waals surface area contributed by atoms with Gasteiger partial charge in [0.25, 0.3) is 6.29 Å². The molecule has 4 heteroatoms. The van der Waals surface area contributed by atoms with Crippen LogP contribution in [0.25, 0.3) is 0 Å². The number of aliphatic hydroxyl groups excluding tert-OH is 1. The SMILES string of the molecule is O=C1C=C(Oc2ccc(C3CCCC3)cc2)C(O)O1. The molecule has 2 aliphatic rings. The highest BCUT2D eigenvalue weighted by molar-refractivity contribution is 5.85. The van der Waals surface area contributed by atoms with Gasteiger partial charge in [-0.2, -0.15) is 0 Å². The molecular weight excluding hydrogens is 244 g/mol. The number of ether oxygens (including phenoxy) is 2. The molecule has 1 fully saturated rings. The average Bonchev–Trinajstić information content (AvgIpc) is 3.01. The molecule has 1 N–H and O–H groups in total. The van der Waals surface area contributed by atoms with Gasteiger partial charge in [0, 0.05) is 0 Å². The summed E-state index contributed by atoms with van der Waals surface area (Å²) in [6.45, 7) is 0. The average molecular weight is 260 g/mol. The van der Waals surface area contributed by atoms with Crippen LogP contribution < -0.4 is 4.74 Å². The number of aliphatic hydroxyl groups is 1. The third-order valence-corrected chi connectivity index (χ3v) is 3.67. The predicted octanol–water partition coefficient (Wildman–Crippen LogP) is 2.48. The maximum atomic E-state index is 10.9. The molecule has 19 heavy (non-hydrogen) atoms. The zero-order valence-electron chi connectivity index (χ0n) is 10.5. The van der Waals surface area contributed by atoms with Crippen LogP contribution in [0.1, 0.15) is 37.2 Å². The maximum absolute atomic E-state index is 10.9. The number of hydrogen-bond donors (Lipinski definition) is 1. The van der Waals surface area contributed by atoms with E-state index >= 15 is 0 Å². The Morgan fingerprint density at radius 1 is 1.16 bits per heavy atom. The standard InChI is InChI=1S/C15H16O4/c16-14-9-13(15(17)19-14)18-12-7-5-11(6-8-12)10-3-1-2-4-10/h5-10,15,17H,1-4H2. The maximum Gasteiger partial charge on any atom is 0.337 e. The van der Waals surface area contributed by atoms with Crippen LogP contribution in [-0.4, -0.2) is 17.4 Å². The smallest absolute Gasteiger partial charge is 0.337 e. The number of carbonyl (C=O) groups excluding carboxylic acids is 1. The summed E-state index contributed by atoms with van der Waals surface area (Å²) in [5, 5.41) is 9.41. The molecule has 1 aromatic rings. The van der Waals surface area contributed by atoms with Gasteiger partial charge in [-0.15, -0.1) is 0 Å². The highest BCUT2D eigenvalue weighted by Gasteiger charge is 2.26. The first-order valence-electron chi connectivity index (χ1n) is 6.60. The fourth-order valence-corrected chi connectivity index (χ4v) is 2.67. The quantitative estimate of drug-likeness (QED) is 0.848. The van der Waals surface area contributed by atoms with Gasteiger partial charge in [-0.3, -0.25) is 0 Å². The number of esters is 1. The lowest BCUT2D eigenvalue weighted by atomic mass is 9.98. The number of hydrogen-bond acceptors (Lipinski definition) is 4. The van der Waals surface area contributed by atoms with Crippen molar-refractivity contribution in [2.75, 3.05) is 0 Å². The van der Waals surface area contributed by atoms with E-state index in [1.165, 1.54) is 31.2 Å². The minimum Gasteiger partial charge on any atom is -0.455 e. The molecule has 0 amide bonds. The topological polar surface area (TPSA) is 55.8 Å². The van der Waals surface area contributed by atoms with E-state index in [4.69, 9.17) is 4.74 Å². The summed E-state index contributed by atoms with van der Waals surface area (Å²) in [5.74, 6) is 0.823. The van der Waals surface area contributed by atoms with E-state index in [0.717, 1.165) is 6.08 Å². The van der Waals surface area contributed by atoms with Crippen LogP contribution in [0.15, 0.2) is 36.1 Å². The molecule has 0 saturated heterocycles. The zero-order valence-corrected chi connectivity index (χ0v) is 10.5. The molecule has 1 aromatic carbocycles. The van der Waals surface area contributed by atoms with Crippen molar-refractivity contribution in [2.24, 2.45) is 0 Å². The van der Waals surface area contributed by atoms with Gasteiger partial charge in [0.05, 0.1) is 6.08 Å². The van der Waals surface area contributed by atoms with E-state index in [-0.39, 0.29) is 5.76 Å². The van der Waals surface area contributed by atoms with Gasteiger partial charge in [0.1, 0.15) is 5.75 Å². The van der Waals surface area contributed by atoms with E-state index < -0.39 is 12.3 Å². The number of cyclic esters (lactones) is 1. The fourth-order valence-electron chi connectivity index (χ4n) is 2.67. The van der Waals surface area contributed by atoms with Gasteiger partial charge in [0.2, 0.25) is 0 Å². The minimum absolute atomic E-state index is 0.138. The van der Waals surface area contributed by atoms with E-state index in [9.17, 15) is 9.90 Å². The molecule has 0 aromatic heterocycles. The first-order chi connectivity index (χ1) is 9.22. The first kappa shape index (κ1) is 12.2. The Hall–Kier alpha value is -1.81. The van der Waals surface area contributed by atoms with Crippen molar-refractivity contribution in [3.8, 4) is 5.75 Å². The van der Waals surface area contributed by atoms with Crippen molar-refractivity contribution in [2.45, 2.75) is 37.9 Å². The molecule has 4 nitrogen and oxygen atoms in total. The summed E-state index contributed by atoms with van der Waals surface area (Å²) >= 11 is 0. The van der Waals surface area contributed by atoms with Crippen LogP contribution in [0, 0.1) is 0 Å². The van der Waals surface area contributed by atoms with Gasteiger partial charge >= 0.3 is 5.97 Å². The Labute approximate surface area is 111 Å². The summed E-state index contributed by atoms with van der Waals surface area (Å²) in [7, 11) is 0. The molecular formula is C15H16O4. The van der Waals surface area contributed by atoms with E-state index in [1.807, 2.05) is 12.1 Å². The van der Waals surface area contributed by atoms with Crippen LogP contribution in [0.3, 0.4) is 0 Å². The van der Waals surface area contributed by atoms with Crippen molar-refractivity contribution in [3.05, 3.63) is 41.7 Å². The molecule has 1 atom stereocenters. The van der Waals surface area contributed by atoms with E-state index in [1.54, 1.807) is 0 Å². The van der Waals surface area contributed by atoms with Crippen LogP contribution in [0.4, 0.5) is 0 Å². The van der Waals surface area contributed by atoms with Crippen LogP contribution in [0.2, 0.25) is 0 Å². The molecule has 0 radical (unpaired) electrons. The second kappa shape index (κ2) is 5.05. The third kappa shape index (κ3) is 2.63. The molecule has 1 saturated carbocycles. The molecule has 1 aliphatic carbocycles. The molecule has 1 heterocycles. The molecule has 0 bridgehead atoms. The normalized spacial score (nSPS) is 23.3. The Kier molecular flexibility index (Phi) is 3.25. The molecule has 0 spiro atoms. The van der Waals surface area contributed by atoms with Crippen LogP contribution >= 0.6 is 0 Å². The third-order valence-electron chi connectivity index (χ3n) is 3.67.